The lowest BCUT2D eigenvalue weighted by molar-refractivity contribution is -0.137. The van der Waals surface area contributed by atoms with E-state index in [2.05, 4.69) is 15.3 Å². The molecular formula is C20H17F4N5O3. The molecule has 2 aromatic carbocycles. The highest BCUT2D eigenvalue weighted by molar-refractivity contribution is 6.04. The van der Waals surface area contributed by atoms with E-state index in [9.17, 15) is 27.2 Å². The molecule has 32 heavy (non-hydrogen) atoms. The first kappa shape index (κ1) is 22.6. The van der Waals surface area contributed by atoms with E-state index in [0.29, 0.717) is 23.9 Å². The zero-order valence-corrected chi connectivity index (χ0v) is 16.5. The minimum Gasteiger partial charge on any atom is -0.497 e. The molecule has 0 unspecified atom stereocenters. The number of amides is 3. The molecule has 3 aromatic rings. The molecule has 8 nitrogen and oxygen atoms in total. The van der Waals surface area contributed by atoms with Crippen molar-refractivity contribution in [1.29, 1.82) is 0 Å². The predicted octanol–water partition coefficient (Wildman–Crippen LogP) is 3.91. The van der Waals surface area contributed by atoms with Gasteiger partial charge in [-0.05, 0) is 35.9 Å². The van der Waals surface area contributed by atoms with E-state index in [1.807, 2.05) is 5.32 Å². The number of primary amides is 1. The van der Waals surface area contributed by atoms with Gasteiger partial charge in [-0.2, -0.15) is 13.2 Å². The molecule has 0 radical (unpaired) electrons. The Balaban J connectivity index is 1.77. The first-order chi connectivity index (χ1) is 15.1. The van der Waals surface area contributed by atoms with Gasteiger partial charge in [0.25, 0.3) is 5.91 Å². The standard InChI is InChI=1S/C20H17F4N5O3/c1-32-12-5-2-10(3-6-12)8-15-27-16(17(25)30)18(28-15)29-19(31)26-14-9-11(20(22,23)24)4-7-13(14)21/h2-7,9H,8H2,1H3,(H2,25,30)(H,27,28)(H2,26,29,31). The Morgan fingerprint density at radius 3 is 2.41 bits per heavy atom. The number of benzene rings is 2. The summed E-state index contributed by atoms with van der Waals surface area (Å²) in [7, 11) is 1.52. The maximum absolute atomic E-state index is 13.9. The number of carbonyl (C=O) groups is 2. The van der Waals surface area contributed by atoms with Crippen molar-refractivity contribution in [2.24, 2.45) is 5.73 Å². The molecule has 3 amide bonds. The summed E-state index contributed by atoms with van der Waals surface area (Å²) < 4.78 is 57.4. The number of anilines is 2. The number of halogens is 4. The monoisotopic (exact) mass is 451 g/mol. The molecule has 12 heteroatoms. The number of alkyl halides is 3. The Morgan fingerprint density at radius 2 is 1.81 bits per heavy atom. The van der Waals surface area contributed by atoms with E-state index in [-0.39, 0.29) is 23.8 Å². The number of aromatic nitrogens is 2. The molecule has 1 aromatic heterocycles. The molecule has 1 heterocycles. The third-order valence-electron chi connectivity index (χ3n) is 4.30. The molecule has 0 saturated carbocycles. The first-order valence-corrected chi connectivity index (χ1v) is 9.03. The summed E-state index contributed by atoms with van der Waals surface area (Å²) in [5, 5.41) is 4.15. The molecule has 0 aliphatic carbocycles. The quantitative estimate of drug-likeness (QED) is 0.425. The smallest absolute Gasteiger partial charge is 0.416 e. The highest BCUT2D eigenvalue weighted by atomic mass is 19.4. The van der Waals surface area contributed by atoms with Gasteiger partial charge in [-0.25, -0.2) is 14.2 Å². The molecule has 0 spiro atoms. The summed E-state index contributed by atoms with van der Waals surface area (Å²) in [5.41, 5.74) is 4.02. The van der Waals surface area contributed by atoms with E-state index in [0.717, 1.165) is 5.56 Å². The van der Waals surface area contributed by atoms with E-state index >= 15 is 0 Å². The van der Waals surface area contributed by atoms with Gasteiger partial charge >= 0.3 is 12.2 Å². The number of H-pyrrole nitrogens is 1. The van der Waals surface area contributed by atoms with Gasteiger partial charge in [-0.15, -0.1) is 0 Å². The molecule has 0 bridgehead atoms. The molecule has 0 saturated heterocycles. The zero-order valence-electron chi connectivity index (χ0n) is 16.5. The summed E-state index contributed by atoms with van der Waals surface area (Å²) >= 11 is 0. The number of methoxy groups -OCH3 is 1. The minimum absolute atomic E-state index is 0.229. The third-order valence-corrected chi connectivity index (χ3v) is 4.30. The van der Waals surface area contributed by atoms with Gasteiger partial charge in [0, 0.05) is 6.42 Å². The van der Waals surface area contributed by atoms with Crippen LogP contribution in [0.15, 0.2) is 42.5 Å². The van der Waals surface area contributed by atoms with Crippen LogP contribution in [0.3, 0.4) is 0 Å². The average Bonchev–Trinajstić information content (AvgIpc) is 3.11. The van der Waals surface area contributed by atoms with E-state index in [4.69, 9.17) is 10.5 Å². The second kappa shape index (κ2) is 8.96. The lowest BCUT2D eigenvalue weighted by Crippen LogP contribution is -2.23. The van der Waals surface area contributed by atoms with Crippen molar-refractivity contribution in [3.8, 4) is 5.75 Å². The number of aromatic amines is 1. The summed E-state index contributed by atoms with van der Waals surface area (Å²) in [4.78, 5) is 30.7. The number of nitrogens with two attached hydrogens (primary N) is 1. The number of imidazole rings is 1. The van der Waals surface area contributed by atoms with Crippen molar-refractivity contribution in [3.05, 3.63) is 70.9 Å². The number of nitrogens with zero attached hydrogens (tertiary/aromatic N) is 1. The highest BCUT2D eigenvalue weighted by Crippen LogP contribution is 2.31. The van der Waals surface area contributed by atoms with Crippen molar-refractivity contribution in [2.75, 3.05) is 17.7 Å². The van der Waals surface area contributed by atoms with Crippen LogP contribution >= 0.6 is 0 Å². The number of ether oxygens (including phenoxy) is 1. The van der Waals surface area contributed by atoms with E-state index in [1.165, 1.54) is 7.11 Å². The molecule has 0 aliphatic heterocycles. The average molecular weight is 451 g/mol. The number of carbonyl (C=O) groups excluding carboxylic acids is 2. The summed E-state index contributed by atoms with van der Waals surface area (Å²) in [6.07, 6.45) is -4.48. The Morgan fingerprint density at radius 1 is 1.12 bits per heavy atom. The van der Waals surface area contributed by atoms with Gasteiger partial charge in [0.2, 0.25) is 0 Å². The van der Waals surface area contributed by atoms with Gasteiger partial charge in [0.05, 0.1) is 18.4 Å². The Hall–Kier alpha value is -4.09. The lowest BCUT2D eigenvalue weighted by Gasteiger charge is -2.11. The number of hydrogen-bond acceptors (Lipinski definition) is 4. The van der Waals surface area contributed by atoms with Crippen molar-refractivity contribution in [2.45, 2.75) is 12.6 Å². The molecule has 0 fully saturated rings. The van der Waals surface area contributed by atoms with E-state index < -0.39 is 35.2 Å². The van der Waals surface area contributed by atoms with Crippen molar-refractivity contribution >= 4 is 23.4 Å². The van der Waals surface area contributed by atoms with Crippen LogP contribution in [-0.4, -0.2) is 29.0 Å². The number of nitrogens with one attached hydrogen (secondary N) is 3. The van der Waals surface area contributed by atoms with Gasteiger partial charge in [-0.1, -0.05) is 12.1 Å². The third kappa shape index (κ3) is 5.33. The van der Waals surface area contributed by atoms with Gasteiger partial charge in [0.1, 0.15) is 23.1 Å². The topological polar surface area (TPSA) is 122 Å². The highest BCUT2D eigenvalue weighted by Gasteiger charge is 2.31. The fraction of sp³-hybridized carbons (Fsp3) is 0.150. The maximum atomic E-state index is 13.9. The van der Waals surface area contributed by atoms with Crippen LogP contribution in [0, 0.1) is 5.82 Å². The fourth-order valence-corrected chi connectivity index (χ4v) is 2.77. The molecule has 0 aliphatic rings. The van der Waals surface area contributed by atoms with E-state index in [1.54, 1.807) is 24.3 Å². The minimum atomic E-state index is -4.72. The van der Waals surface area contributed by atoms with Crippen LogP contribution in [-0.2, 0) is 12.6 Å². The maximum Gasteiger partial charge on any atom is 0.416 e. The van der Waals surface area contributed by atoms with Gasteiger partial charge in [-0.3, -0.25) is 10.1 Å². The Bertz CT molecular complexity index is 1140. The molecular weight excluding hydrogens is 434 g/mol. The first-order valence-electron chi connectivity index (χ1n) is 9.03. The van der Waals surface area contributed by atoms with Gasteiger partial charge in [0.15, 0.2) is 5.82 Å². The predicted molar refractivity (Wildman–Crippen MR) is 107 cm³/mol. The second-order valence-electron chi connectivity index (χ2n) is 6.57. The lowest BCUT2D eigenvalue weighted by atomic mass is 10.1. The number of rotatable bonds is 6. The normalized spacial score (nSPS) is 11.2. The van der Waals surface area contributed by atoms with Crippen LogP contribution in [0.2, 0.25) is 0 Å². The molecule has 5 N–H and O–H groups in total. The molecule has 0 atom stereocenters. The van der Waals surface area contributed by atoms with Crippen LogP contribution in [0.1, 0.15) is 27.4 Å². The van der Waals surface area contributed by atoms with Crippen LogP contribution in [0.5, 0.6) is 5.75 Å². The van der Waals surface area contributed by atoms with Crippen LogP contribution < -0.4 is 21.1 Å². The summed E-state index contributed by atoms with van der Waals surface area (Å²) in [6.45, 7) is 0. The summed E-state index contributed by atoms with van der Waals surface area (Å²) in [6, 6.07) is 7.44. The molecule has 168 valence electrons. The second-order valence-corrected chi connectivity index (χ2v) is 6.57. The zero-order chi connectivity index (χ0) is 23.5. The van der Waals surface area contributed by atoms with Crippen molar-refractivity contribution < 1.29 is 31.9 Å². The Labute approximate surface area is 178 Å². The fourth-order valence-electron chi connectivity index (χ4n) is 2.77. The number of urea groups is 1. The molecule has 3 rings (SSSR count). The summed E-state index contributed by atoms with van der Waals surface area (Å²) in [5.74, 6) is -1.34. The van der Waals surface area contributed by atoms with Crippen molar-refractivity contribution in [3.63, 3.8) is 0 Å². The number of hydrogen-bond donors (Lipinski definition) is 4. The van der Waals surface area contributed by atoms with Gasteiger partial charge < -0.3 is 20.8 Å². The van der Waals surface area contributed by atoms with Crippen LogP contribution in [0.4, 0.5) is 33.9 Å². The van der Waals surface area contributed by atoms with Crippen LogP contribution in [0.25, 0.3) is 0 Å². The van der Waals surface area contributed by atoms with Crippen molar-refractivity contribution in [1.82, 2.24) is 9.97 Å². The largest absolute Gasteiger partial charge is 0.497 e. The SMILES string of the molecule is COc1ccc(Cc2nc(NC(=O)Nc3cc(C(F)(F)F)ccc3F)c(C(N)=O)[nH]2)cc1. The Kier molecular flexibility index (Phi) is 6.32.